The molecule has 0 bridgehead atoms. The van der Waals surface area contributed by atoms with Crippen molar-refractivity contribution < 1.29 is 4.79 Å². The fourth-order valence-corrected chi connectivity index (χ4v) is 1.98. The van der Waals surface area contributed by atoms with E-state index in [-0.39, 0.29) is 0 Å². The quantitative estimate of drug-likeness (QED) is 0.643. The molecule has 0 aliphatic heterocycles. The first-order valence-corrected chi connectivity index (χ1v) is 5.65. The van der Waals surface area contributed by atoms with E-state index in [1.54, 1.807) is 18.3 Å². The highest BCUT2D eigenvalue weighted by atomic mass is 16.1. The number of fused-ring (bicyclic) bond motifs is 1. The van der Waals surface area contributed by atoms with E-state index in [4.69, 9.17) is 0 Å². The van der Waals surface area contributed by atoms with Crippen molar-refractivity contribution >= 4 is 11.9 Å². The third-order valence-electron chi connectivity index (χ3n) is 2.95. The van der Waals surface area contributed by atoms with Gasteiger partial charge in [-0.15, -0.1) is 10.2 Å². The number of aromatic nitrogens is 3. The Labute approximate surface area is 104 Å². The van der Waals surface area contributed by atoms with Crippen LogP contribution in [0.5, 0.6) is 0 Å². The van der Waals surface area contributed by atoms with Crippen LogP contribution in [0.15, 0.2) is 42.6 Å². The number of aldehydes is 1. The molecule has 0 saturated heterocycles. The van der Waals surface area contributed by atoms with Crippen LogP contribution in [0.3, 0.4) is 0 Å². The predicted octanol–water partition coefficient (Wildman–Crippen LogP) is 2.52. The Hall–Kier alpha value is -2.49. The van der Waals surface area contributed by atoms with Crippen LogP contribution < -0.4 is 0 Å². The van der Waals surface area contributed by atoms with E-state index < -0.39 is 0 Å². The van der Waals surface area contributed by atoms with E-state index in [2.05, 4.69) is 10.2 Å². The molecule has 0 amide bonds. The van der Waals surface area contributed by atoms with E-state index in [0.717, 1.165) is 28.9 Å². The minimum absolute atomic E-state index is 0.608. The van der Waals surface area contributed by atoms with Gasteiger partial charge in [0.1, 0.15) is 0 Å². The van der Waals surface area contributed by atoms with Crippen molar-refractivity contribution in [1.82, 2.24) is 14.6 Å². The minimum Gasteiger partial charge on any atom is -0.298 e. The fraction of sp³-hybridized carbons (Fsp3) is 0.0714. The molecular formula is C14H11N3O. The average Bonchev–Trinajstić information content (AvgIpc) is 2.82. The standard InChI is InChI=1S/C14H11N3O/c1-10-4-2-3-5-12(10)14-16-15-13-7-6-11(9-18)8-17(13)14/h2-9H,1H3. The number of aryl methyl sites for hydroxylation is 1. The number of carbonyl (C=O) groups is 1. The molecule has 0 atom stereocenters. The van der Waals surface area contributed by atoms with Gasteiger partial charge in [0.15, 0.2) is 17.8 Å². The molecule has 3 rings (SSSR count). The Morgan fingerprint density at radius 3 is 2.72 bits per heavy atom. The van der Waals surface area contributed by atoms with Gasteiger partial charge >= 0.3 is 0 Å². The molecule has 18 heavy (non-hydrogen) atoms. The van der Waals surface area contributed by atoms with Crippen LogP contribution in [0.2, 0.25) is 0 Å². The SMILES string of the molecule is Cc1ccccc1-c1nnc2ccc(C=O)cn12. The number of carbonyl (C=O) groups excluding carboxylic acids is 1. The summed E-state index contributed by atoms with van der Waals surface area (Å²) >= 11 is 0. The van der Waals surface area contributed by atoms with Crippen molar-refractivity contribution in [2.45, 2.75) is 6.92 Å². The fourth-order valence-electron chi connectivity index (χ4n) is 1.98. The van der Waals surface area contributed by atoms with Gasteiger partial charge in [-0.05, 0) is 24.6 Å². The predicted molar refractivity (Wildman–Crippen MR) is 68.5 cm³/mol. The van der Waals surface area contributed by atoms with Crippen LogP contribution in [-0.4, -0.2) is 20.9 Å². The monoisotopic (exact) mass is 237 g/mol. The minimum atomic E-state index is 0.608. The van der Waals surface area contributed by atoms with Gasteiger partial charge in [-0.1, -0.05) is 24.3 Å². The highest BCUT2D eigenvalue weighted by molar-refractivity contribution is 5.75. The van der Waals surface area contributed by atoms with Crippen LogP contribution in [0, 0.1) is 6.92 Å². The van der Waals surface area contributed by atoms with Crippen LogP contribution in [0.1, 0.15) is 15.9 Å². The number of benzene rings is 1. The van der Waals surface area contributed by atoms with Gasteiger partial charge < -0.3 is 0 Å². The third-order valence-corrected chi connectivity index (χ3v) is 2.95. The topological polar surface area (TPSA) is 47.3 Å². The summed E-state index contributed by atoms with van der Waals surface area (Å²) in [5, 5.41) is 8.31. The van der Waals surface area contributed by atoms with Gasteiger partial charge in [-0.2, -0.15) is 0 Å². The molecule has 2 aromatic heterocycles. The molecule has 3 aromatic rings. The van der Waals surface area contributed by atoms with Crippen molar-refractivity contribution in [3.05, 3.63) is 53.7 Å². The van der Waals surface area contributed by atoms with Gasteiger partial charge in [0, 0.05) is 17.3 Å². The summed E-state index contributed by atoms with van der Waals surface area (Å²) in [6.45, 7) is 2.03. The molecule has 0 spiro atoms. The molecule has 0 radical (unpaired) electrons. The number of nitrogens with zero attached hydrogens (tertiary/aromatic N) is 3. The second-order valence-electron chi connectivity index (χ2n) is 4.15. The molecule has 88 valence electrons. The molecule has 0 aliphatic carbocycles. The van der Waals surface area contributed by atoms with Crippen molar-refractivity contribution in [2.24, 2.45) is 0 Å². The maximum Gasteiger partial charge on any atom is 0.168 e. The summed E-state index contributed by atoms with van der Waals surface area (Å²) in [7, 11) is 0. The molecule has 0 saturated carbocycles. The first kappa shape index (κ1) is 10.7. The van der Waals surface area contributed by atoms with Crippen LogP contribution in [0.4, 0.5) is 0 Å². The Kier molecular flexibility index (Phi) is 2.41. The van der Waals surface area contributed by atoms with Crippen LogP contribution in [0.25, 0.3) is 17.0 Å². The average molecular weight is 237 g/mol. The summed E-state index contributed by atoms with van der Waals surface area (Å²) in [5.41, 5.74) is 3.49. The summed E-state index contributed by atoms with van der Waals surface area (Å²) in [6.07, 6.45) is 2.57. The van der Waals surface area contributed by atoms with Crippen molar-refractivity contribution in [1.29, 1.82) is 0 Å². The zero-order chi connectivity index (χ0) is 12.5. The molecule has 0 aliphatic rings. The molecule has 4 heteroatoms. The molecule has 1 aromatic carbocycles. The normalized spacial score (nSPS) is 10.7. The number of pyridine rings is 1. The second-order valence-corrected chi connectivity index (χ2v) is 4.15. The lowest BCUT2D eigenvalue weighted by molar-refractivity contribution is 0.112. The first-order valence-electron chi connectivity index (χ1n) is 5.65. The van der Waals surface area contributed by atoms with Gasteiger partial charge in [-0.25, -0.2) is 0 Å². The summed E-state index contributed by atoms with van der Waals surface area (Å²) in [4.78, 5) is 10.8. The Morgan fingerprint density at radius 2 is 1.94 bits per heavy atom. The van der Waals surface area contributed by atoms with Gasteiger partial charge in [0.2, 0.25) is 0 Å². The summed E-state index contributed by atoms with van der Waals surface area (Å²) in [5.74, 6) is 0.756. The lowest BCUT2D eigenvalue weighted by Gasteiger charge is -2.03. The van der Waals surface area contributed by atoms with Crippen LogP contribution >= 0.6 is 0 Å². The zero-order valence-corrected chi connectivity index (χ0v) is 9.87. The second kappa shape index (κ2) is 4.07. The number of hydrogen-bond acceptors (Lipinski definition) is 3. The Balaban J connectivity index is 2.29. The Bertz CT molecular complexity index is 731. The highest BCUT2D eigenvalue weighted by Gasteiger charge is 2.09. The molecule has 0 N–H and O–H groups in total. The molecule has 0 unspecified atom stereocenters. The van der Waals surface area contributed by atoms with Gasteiger partial charge in [0.05, 0.1) is 0 Å². The van der Waals surface area contributed by atoms with E-state index in [9.17, 15) is 4.79 Å². The largest absolute Gasteiger partial charge is 0.298 e. The number of rotatable bonds is 2. The molecule has 0 fully saturated rings. The van der Waals surface area contributed by atoms with E-state index in [1.165, 1.54) is 0 Å². The lowest BCUT2D eigenvalue weighted by Crippen LogP contribution is -1.93. The van der Waals surface area contributed by atoms with Crippen LogP contribution in [-0.2, 0) is 0 Å². The zero-order valence-electron chi connectivity index (χ0n) is 9.87. The van der Waals surface area contributed by atoms with E-state index in [0.29, 0.717) is 5.56 Å². The summed E-state index contributed by atoms with van der Waals surface area (Å²) < 4.78 is 1.84. The molecular weight excluding hydrogens is 226 g/mol. The smallest absolute Gasteiger partial charge is 0.168 e. The maximum absolute atomic E-state index is 10.8. The molecule has 4 nitrogen and oxygen atoms in total. The third kappa shape index (κ3) is 1.59. The molecule has 2 heterocycles. The lowest BCUT2D eigenvalue weighted by atomic mass is 10.1. The van der Waals surface area contributed by atoms with Crippen molar-refractivity contribution in [2.75, 3.05) is 0 Å². The van der Waals surface area contributed by atoms with Gasteiger partial charge in [0.25, 0.3) is 0 Å². The first-order chi connectivity index (χ1) is 8.79. The maximum atomic E-state index is 10.8. The van der Waals surface area contributed by atoms with Gasteiger partial charge in [-0.3, -0.25) is 9.20 Å². The Morgan fingerprint density at radius 1 is 1.11 bits per heavy atom. The van der Waals surface area contributed by atoms with E-state index in [1.807, 2.05) is 35.6 Å². The highest BCUT2D eigenvalue weighted by Crippen LogP contribution is 2.21. The number of hydrogen-bond donors (Lipinski definition) is 0. The van der Waals surface area contributed by atoms with E-state index >= 15 is 0 Å². The van der Waals surface area contributed by atoms with Crippen molar-refractivity contribution in [3.8, 4) is 11.4 Å². The van der Waals surface area contributed by atoms with Crippen molar-refractivity contribution in [3.63, 3.8) is 0 Å². The summed E-state index contributed by atoms with van der Waals surface area (Å²) in [6, 6.07) is 11.5.